The summed E-state index contributed by atoms with van der Waals surface area (Å²) < 4.78 is 13.2. The first-order valence-electron chi connectivity index (χ1n) is 4.89. The second-order valence-corrected chi connectivity index (χ2v) is 3.89. The molecule has 0 aliphatic carbocycles. The van der Waals surface area contributed by atoms with Crippen molar-refractivity contribution >= 4 is 5.69 Å². The molecule has 1 aromatic rings. The predicted octanol–water partition coefficient (Wildman–Crippen LogP) is 2.41. The van der Waals surface area contributed by atoms with Crippen LogP contribution in [0.1, 0.15) is 24.9 Å². The number of hydrogen-bond acceptors (Lipinski definition) is 4. The molecule has 3 N–H and O–H groups in total. The van der Waals surface area contributed by atoms with E-state index in [1.54, 1.807) is 6.92 Å². The molecule has 0 heterocycles. The molecule has 17 heavy (non-hydrogen) atoms. The van der Waals surface area contributed by atoms with Crippen molar-refractivity contribution in [3.05, 3.63) is 45.8 Å². The smallest absolute Gasteiger partial charge is 0.313 e. The summed E-state index contributed by atoms with van der Waals surface area (Å²) in [5.74, 6) is -1.40. The van der Waals surface area contributed by atoms with Crippen LogP contribution in [-0.4, -0.2) is 10.0 Å². The summed E-state index contributed by atoms with van der Waals surface area (Å²) in [5, 5.41) is 20.2. The maximum absolute atomic E-state index is 13.2. The summed E-state index contributed by atoms with van der Waals surface area (Å²) >= 11 is 0. The highest BCUT2D eigenvalue weighted by Gasteiger charge is 2.22. The molecule has 0 aliphatic rings. The molecular weight excluding hydrogens is 227 g/mol. The minimum absolute atomic E-state index is 0.0136. The van der Waals surface area contributed by atoms with E-state index in [9.17, 15) is 19.6 Å². The van der Waals surface area contributed by atoms with E-state index in [4.69, 9.17) is 5.73 Å². The van der Waals surface area contributed by atoms with E-state index < -0.39 is 28.2 Å². The third-order valence-electron chi connectivity index (χ3n) is 2.25. The Morgan fingerprint density at radius 1 is 1.71 bits per heavy atom. The Morgan fingerprint density at radius 2 is 2.29 bits per heavy atom. The highest BCUT2D eigenvalue weighted by molar-refractivity contribution is 5.52. The minimum Gasteiger partial charge on any atom is -0.502 e. The molecule has 0 bridgehead atoms. The Labute approximate surface area is 97.5 Å². The van der Waals surface area contributed by atoms with E-state index in [-0.39, 0.29) is 5.56 Å². The van der Waals surface area contributed by atoms with Crippen LogP contribution in [-0.2, 0) is 0 Å². The first-order valence-corrected chi connectivity index (χ1v) is 4.89. The molecule has 1 rings (SSSR count). The number of benzene rings is 1. The molecule has 0 spiro atoms. The quantitative estimate of drug-likeness (QED) is 0.480. The molecule has 0 fully saturated rings. The van der Waals surface area contributed by atoms with Crippen LogP contribution in [0.4, 0.5) is 10.1 Å². The highest BCUT2D eigenvalue weighted by atomic mass is 19.1. The standard InChI is InChI=1S/C11H13FN2O3/c1-6(2)3-9(13)8-4-7(12)5-10(11(8)15)14(16)17/h4-5,9,15H,1,3,13H2,2H3/t9-/m1/s1. The summed E-state index contributed by atoms with van der Waals surface area (Å²) in [6, 6.07) is 0.935. The topological polar surface area (TPSA) is 89.4 Å². The van der Waals surface area contributed by atoms with Crippen molar-refractivity contribution in [2.24, 2.45) is 5.73 Å². The van der Waals surface area contributed by atoms with Crippen molar-refractivity contribution in [1.82, 2.24) is 0 Å². The van der Waals surface area contributed by atoms with Crippen molar-refractivity contribution in [2.45, 2.75) is 19.4 Å². The lowest BCUT2D eigenvalue weighted by atomic mass is 9.99. The number of aromatic hydroxyl groups is 1. The third kappa shape index (κ3) is 3.01. The first kappa shape index (κ1) is 13.1. The molecule has 0 amide bonds. The summed E-state index contributed by atoms with van der Waals surface area (Å²) in [5.41, 5.74) is 5.79. The van der Waals surface area contributed by atoms with Gasteiger partial charge in [0.25, 0.3) is 0 Å². The number of nitro groups is 1. The van der Waals surface area contributed by atoms with Crippen molar-refractivity contribution in [1.29, 1.82) is 0 Å². The number of phenols is 1. The normalized spacial score (nSPS) is 12.2. The van der Waals surface area contributed by atoms with Crippen LogP contribution in [0.15, 0.2) is 24.3 Å². The van der Waals surface area contributed by atoms with Crippen LogP contribution in [0.25, 0.3) is 0 Å². The molecule has 1 atom stereocenters. The van der Waals surface area contributed by atoms with Crippen LogP contribution in [0.5, 0.6) is 5.75 Å². The van der Waals surface area contributed by atoms with Crippen molar-refractivity contribution in [2.75, 3.05) is 0 Å². The van der Waals surface area contributed by atoms with Gasteiger partial charge in [0.1, 0.15) is 5.82 Å². The SMILES string of the molecule is C=C(C)C[C@@H](N)c1cc(F)cc([N+](=O)[O-])c1O. The molecule has 0 radical (unpaired) electrons. The number of hydrogen-bond donors (Lipinski definition) is 2. The lowest BCUT2D eigenvalue weighted by Crippen LogP contribution is -2.11. The van der Waals surface area contributed by atoms with Crippen molar-refractivity contribution < 1.29 is 14.4 Å². The van der Waals surface area contributed by atoms with Gasteiger partial charge in [0.2, 0.25) is 0 Å². The number of nitro benzene ring substituents is 1. The van der Waals surface area contributed by atoms with E-state index in [2.05, 4.69) is 6.58 Å². The minimum atomic E-state index is -0.852. The Bertz CT molecular complexity index is 474. The lowest BCUT2D eigenvalue weighted by molar-refractivity contribution is -0.386. The van der Waals surface area contributed by atoms with E-state index in [0.717, 1.165) is 11.6 Å². The molecule has 92 valence electrons. The summed E-state index contributed by atoms with van der Waals surface area (Å²) in [7, 11) is 0. The molecular formula is C11H13FN2O3. The summed E-state index contributed by atoms with van der Waals surface area (Å²) in [6.07, 6.45) is 0.314. The molecule has 5 nitrogen and oxygen atoms in total. The molecule has 0 saturated heterocycles. The second kappa shape index (κ2) is 4.92. The monoisotopic (exact) mass is 240 g/mol. The number of halogens is 1. The second-order valence-electron chi connectivity index (χ2n) is 3.89. The van der Waals surface area contributed by atoms with Gasteiger partial charge in [-0.15, -0.1) is 6.58 Å². The molecule has 0 aromatic heterocycles. The van der Waals surface area contributed by atoms with Gasteiger partial charge in [-0.05, 0) is 19.4 Å². The highest BCUT2D eigenvalue weighted by Crippen LogP contribution is 2.35. The third-order valence-corrected chi connectivity index (χ3v) is 2.25. The van der Waals surface area contributed by atoms with Gasteiger partial charge in [-0.25, -0.2) is 4.39 Å². The average Bonchev–Trinajstić information content (AvgIpc) is 2.19. The van der Waals surface area contributed by atoms with Gasteiger partial charge in [-0.3, -0.25) is 10.1 Å². The van der Waals surface area contributed by atoms with E-state index >= 15 is 0 Å². The maximum atomic E-state index is 13.2. The number of nitrogens with zero attached hydrogens (tertiary/aromatic N) is 1. The van der Waals surface area contributed by atoms with Gasteiger partial charge in [0, 0.05) is 11.6 Å². The number of rotatable bonds is 4. The van der Waals surface area contributed by atoms with Crippen LogP contribution in [0.3, 0.4) is 0 Å². The van der Waals surface area contributed by atoms with E-state index in [1.165, 1.54) is 0 Å². The Kier molecular flexibility index (Phi) is 3.80. The Hall–Kier alpha value is -1.95. The van der Waals surface area contributed by atoms with E-state index in [1.807, 2.05) is 0 Å². The maximum Gasteiger partial charge on any atom is 0.313 e. The van der Waals surface area contributed by atoms with Crippen molar-refractivity contribution in [3.63, 3.8) is 0 Å². The first-order chi connectivity index (χ1) is 7.82. The van der Waals surface area contributed by atoms with Gasteiger partial charge in [0.15, 0.2) is 5.75 Å². The van der Waals surface area contributed by atoms with Gasteiger partial charge in [-0.2, -0.15) is 0 Å². The molecule has 1 aromatic carbocycles. The zero-order valence-corrected chi connectivity index (χ0v) is 9.31. The number of nitrogens with two attached hydrogens (primary N) is 1. The lowest BCUT2D eigenvalue weighted by Gasteiger charge is -2.13. The predicted molar refractivity (Wildman–Crippen MR) is 61.1 cm³/mol. The van der Waals surface area contributed by atoms with Crippen molar-refractivity contribution in [3.8, 4) is 5.75 Å². The fourth-order valence-electron chi connectivity index (χ4n) is 1.51. The van der Waals surface area contributed by atoms with Crippen LogP contribution < -0.4 is 5.73 Å². The molecule has 0 unspecified atom stereocenters. The average molecular weight is 240 g/mol. The zero-order chi connectivity index (χ0) is 13.2. The van der Waals surface area contributed by atoms with Gasteiger partial charge < -0.3 is 10.8 Å². The largest absolute Gasteiger partial charge is 0.502 e. The summed E-state index contributed by atoms with van der Waals surface area (Å²) in [6.45, 7) is 5.37. The fourth-order valence-corrected chi connectivity index (χ4v) is 1.51. The Balaban J connectivity index is 3.24. The molecule has 0 saturated carbocycles. The Morgan fingerprint density at radius 3 is 2.76 bits per heavy atom. The number of phenolic OH excluding ortho intramolecular Hbond substituents is 1. The van der Waals surface area contributed by atoms with Gasteiger partial charge in [0.05, 0.1) is 11.0 Å². The molecule has 6 heteroatoms. The van der Waals surface area contributed by atoms with Crippen LogP contribution in [0.2, 0.25) is 0 Å². The fraction of sp³-hybridized carbons (Fsp3) is 0.273. The molecule has 0 aliphatic heterocycles. The van der Waals surface area contributed by atoms with E-state index in [0.29, 0.717) is 12.5 Å². The van der Waals surface area contributed by atoms with Crippen LogP contribution >= 0.6 is 0 Å². The van der Waals surface area contributed by atoms with Gasteiger partial charge in [-0.1, -0.05) is 5.57 Å². The van der Waals surface area contributed by atoms with Crippen LogP contribution in [0, 0.1) is 15.9 Å². The summed E-state index contributed by atoms with van der Waals surface area (Å²) in [4.78, 5) is 9.74. The van der Waals surface area contributed by atoms with Gasteiger partial charge >= 0.3 is 5.69 Å². The zero-order valence-electron chi connectivity index (χ0n) is 9.31.